The molecule has 1 atom stereocenters. The van der Waals surface area contributed by atoms with Gasteiger partial charge in [0.05, 0.1) is 28.4 Å². The number of pyridine rings is 1. The van der Waals surface area contributed by atoms with E-state index < -0.39 is 0 Å². The fraction of sp³-hybridized carbons (Fsp3) is 0.240. The van der Waals surface area contributed by atoms with Gasteiger partial charge < -0.3 is 5.32 Å². The van der Waals surface area contributed by atoms with Gasteiger partial charge in [0.2, 0.25) is 0 Å². The molecule has 150 valence electrons. The number of amides is 1. The van der Waals surface area contributed by atoms with Crippen LogP contribution in [0.3, 0.4) is 0 Å². The smallest absolute Gasteiger partial charge is 0.252 e. The zero-order chi connectivity index (χ0) is 20.7. The third-order valence-electron chi connectivity index (χ3n) is 5.86. The highest BCUT2D eigenvalue weighted by molar-refractivity contribution is 6.07. The maximum absolute atomic E-state index is 13.4. The molecular weight excluding hydrogens is 372 g/mol. The van der Waals surface area contributed by atoms with Gasteiger partial charge in [-0.05, 0) is 62.4 Å². The summed E-state index contributed by atoms with van der Waals surface area (Å²) >= 11 is 0. The van der Waals surface area contributed by atoms with E-state index in [2.05, 4.69) is 23.5 Å². The predicted molar refractivity (Wildman–Crippen MR) is 118 cm³/mol. The molecule has 2 heterocycles. The number of aryl methyl sites for hydroxylation is 3. The van der Waals surface area contributed by atoms with Crippen molar-refractivity contribution in [3.63, 3.8) is 0 Å². The molecule has 0 aliphatic heterocycles. The van der Waals surface area contributed by atoms with E-state index in [0.717, 1.165) is 41.7 Å². The number of hydrogen-bond acceptors (Lipinski definition) is 3. The van der Waals surface area contributed by atoms with Crippen LogP contribution >= 0.6 is 0 Å². The van der Waals surface area contributed by atoms with Crippen LogP contribution in [0.25, 0.3) is 16.7 Å². The molecular formula is C25H24N4O. The van der Waals surface area contributed by atoms with Crippen LogP contribution in [0.2, 0.25) is 0 Å². The Balaban J connectivity index is 1.57. The number of hydrogen-bond donors (Lipinski definition) is 1. The minimum absolute atomic E-state index is 0.0374. The lowest BCUT2D eigenvalue weighted by Crippen LogP contribution is -2.31. The first-order chi connectivity index (χ1) is 14.6. The number of benzene rings is 2. The summed E-state index contributed by atoms with van der Waals surface area (Å²) in [6.45, 7) is 3.86. The molecule has 1 amide bonds. The molecule has 5 nitrogen and oxygen atoms in total. The van der Waals surface area contributed by atoms with Crippen LogP contribution in [0.5, 0.6) is 0 Å². The lowest BCUT2D eigenvalue weighted by Gasteiger charge is -2.26. The summed E-state index contributed by atoms with van der Waals surface area (Å²) in [5.74, 6) is -0.0667. The van der Waals surface area contributed by atoms with Crippen LogP contribution in [0, 0.1) is 13.8 Å². The number of aromatic nitrogens is 3. The molecule has 1 aliphatic rings. The standard InChI is InChI=1S/C25H24N4O/c1-16-15-21(25(30)27-22-14-8-10-18-9-6-7-13-20(18)22)23-17(2)28-29(24(23)26-16)19-11-4-3-5-12-19/h3-7,9,11-13,15,22H,8,10,14H2,1-2H3,(H,27,30)/t22-/m1/s1. The molecule has 2 aromatic carbocycles. The van der Waals surface area contributed by atoms with Crippen molar-refractivity contribution in [2.45, 2.75) is 39.2 Å². The lowest BCUT2D eigenvalue weighted by molar-refractivity contribution is 0.0934. The third-order valence-corrected chi connectivity index (χ3v) is 5.86. The first-order valence-corrected chi connectivity index (χ1v) is 10.4. The molecule has 0 spiro atoms. The molecule has 30 heavy (non-hydrogen) atoms. The zero-order valence-corrected chi connectivity index (χ0v) is 17.2. The Bertz CT molecular complexity index is 1240. The number of carbonyl (C=O) groups is 1. The van der Waals surface area contributed by atoms with Gasteiger partial charge in [-0.2, -0.15) is 5.10 Å². The number of rotatable bonds is 3. The summed E-state index contributed by atoms with van der Waals surface area (Å²) in [7, 11) is 0. The van der Waals surface area contributed by atoms with Gasteiger partial charge in [-0.1, -0.05) is 42.5 Å². The molecule has 1 N–H and O–H groups in total. The average Bonchev–Trinajstić information content (AvgIpc) is 3.10. The van der Waals surface area contributed by atoms with E-state index in [4.69, 9.17) is 10.1 Å². The normalized spacial score (nSPS) is 15.7. The van der Waals surface area contributed by atoms with Crippen molar-refractivity contribution in [3.8, 4) is 5.69 Å². The Labute approximate surface area is 175 Å². The number of para-hydroxylation sites is 1. The second-order valence-corrected chi connectivity index (χ2v) is 7.96. The zero-order valence-electron chi connectivity index (χ0n) is 17.2. The van der Waals surface area contributed by atoms with E-state index in [1.807, 2.05) is 61.0 Å². The quantitative estimate of drug-likeness (QED) is 0.539. The van der Waals surface area contributed by atoms with Crippen molar-refractivity contribution in [3.05, 3.63) is 88.7 Å². The number of carbonyl (C=O) groups excluding carboxylic acids is 1. The van der Waals surface area contributed by atoms with Crippen molar-refractivity contribution in [2.75, 3.05) is 0 Å². The fourth-order valence-corrected chi connectivity index (χ4v) is 4.48. The molecule has 0 unspecified atom stereocenters. The minimum Gasteiger partial charge on any atom is -0.345 e. The topological polar surface area (TPSA) is 59.8 Å². The van der Waals surface area contributed by atoms with Crippen molar-refractivity contribution in [1.29, 1.82) is 0 Å². The molecule has 5 rings (SSSR count). The van der Waals surface area contributed by atoms with E-state index in [-0.39, 0.29) is 11.9 Å². The van der Waals surface area contributed by atoms with Crippen molar-refractivity contribution < 1.29 is 4.79 Å². The summed E-state index contributed by atoms with van der Waals surface area (Å²) in [5, 5.41) is 8.80. The van der Waals surface area contributed by atoms with Gasteiger partial charge in [-0.15, -0.1) is 0 Å². The van der Waals surface area contributed by atoms with Crippen LogP contribution in [-0.2, 0) is 6.42 Å². The highest BCUT2D eigenvalue weighted by atomic mass is 16.1. The van der Waals surface area contributed by atoms with Crippen LogP contribution in [0.4, 0.5) is 0 Å². The molecule has 0 saturated carbocycles. The second-order valence-electron chi connectivity index (χ2n) is 7.96. The molecule has 0 radical (unpaired) electrons. The molecule has 0 bridgehead atoms. The Morgan fingerprint density at radius 3 is 2.67 bits per heavy atom. The minimum atomic E-state index is -0.0667. The van der Waals surface area contributed by atoms with Crippen LogP contribution in [0.15, 0.2) is 60.7 Å². The molecule has 1 aliphatic carbocycles. The fourth-order valence-electron chi connectivity index (χ4n) is 4.48. The van der Waals surface area contributed by atoms with Gasteiger partial charge in [-0.25, -0.2) is 9.67 Å². The van der Waals surface area contributed by atoms with Crippen LogP contribution in [-0.4, -0.2) is 20.7 Å². The second kappa shape index (κ2) is 7.41. The average molecular weight is 396 g/mol. The van der Waals surface area contributed by atoms with E-state index in [9.17, 15) is 4.79 Å². The predicted octanol–water partition coefficient (Wildman–Crippen LogP) is 4.84. The number of fused-ring (bicyclic) bond motifs is 2. The lowest BCUT2D eigenvalue weighted by atomic mass is 9.87. The maximum Gasteiger partial charge on any atom is 0.252 e. The van der Waals surface area contributed by atoms with Gasteiger partial charge in [0, 0.05) is 5.69 Å². The highest BCUT2D eigenvalue weighted by Crippen LogP contribution is 2.31. The summed E-state index contributed by atoms with van der Waals surface area (Å²) in [6, 6.07) is 20.2. The van der Waals surface area contributed by atoms with Crippen LogP contribution in [0.1, 0.15) is 51.8 Å². The summed E-state index contributed by atoms with van der Waals surface area (Å²) < 4.78 is 1.82. The van der Waals surface area contributed by atoms with Gasteiger partial charge >= 0.3 is 0 Å². The SMILES string of the molecule is Cc1cc(C(=O)N[C@@H]2CCCc3ccccc32)c2c(C)nn(-c3ccccc3)c2n1. The van der Waals surface area contributed by atoms with Crippen molar-refractivity contribution >= 4 is 16.9 Å². The Hall–Kier alpha value is -3.47. The monoisotopic (exact) mass is 396 g/mol. The van der Waals surface area contributed by atoms with Crippen molar-refractivity contribution in [2.24, 2.45) is 0 Å². The first kappa shape index (κ1) is 18.6. The summed E-state index contributed by atoms with van der Waals surface area (Å²) in [5.41, 5.74) is 6.45. The van der Waals surface area contributed by atoms with Gasteiger partial charge in [0.25, 0.3) is 5.91 Å². The first-order valence-electron chi connectivity index (χ1n) is 10.4. The van der Waals surface area contributed by atoms with Gasteiger partial charge in [-0.3, -0.25) is 4.79 Å². The molecule has 2 aromatic heterocycles. The molecule has 0 fully saturated rings. The van der Waals surface area contributed by atoms with E-state index in [1.54, 1.807) is 0 Å². The van der Waals surface area contributed by atoms with E-state index >= 15 is 0 Å². The van der Waals surface area contributed by atoms with Gasteiger partial charge in [0.15, 0.2) is 5.65 Å². The molecule has 5 heteroatoms. The third kappa shape index (κ3) is 3.16. The summed E-state index contributed by atoms with van der Waals surface area (Å²) in [6.07, 6.45) is 3.11. The number of nitrogens with one attached hydrogen (secondary N) is 1. The Kier molecular flexibility index (Phi) is 4.58. The molecule has 4 aromatic rings. The largest absolute Gasteiger partial charge is 0.345 e. The van der Waals surface area contributed by atoms with E-state index in [0.29, 0.717) is 11.2 Å². The van der Waals surface area contributed by atoms with Crippen LogP contribution < -0.4 is 5.32 Å². The Morgan fingerprint density at radius 2 is 1.83 bits per heavy atom. The summed E-state index contributed by atoms with van der Waals surface area (Å²) in [4.78, 5) is 18.1. The molecule has 0 saturated heterocycles. The highest BCUT2D eigenvalue weighted by Gasteiger charge is 2.25. The Morgan fingerprint density at radius 1 is 1.07 bits per heavy atom. The maximum atomic E-state index is 13.4. The van der Waals surface area contributed by atoms with Crippen molar-refractivity contribution in [1.82, 2.24) is 20.1 Å². The van der Waals surface area contributed by atoms with Gasteiger partial charge in [0.1, 0.15) is 0 Å². The number of nitrogens with zero attached hydrogens (tertiary/aromatic N) is 3. The van der Waals surface area contributed by atoms with E-state index in [1.165, 1.54) is 11.1 Å².